The van der Waals surface area contributed by atoms with Gasteiger partial charge in [-0.05, 0) is 25.2 Å². The van der Waals surface area contributed by atoms with Crippen LogP contribution in [0.5, 0.6) is 0 Å². The number of allylic oxidation sites excluding steroid dienone is 1. The van der Waals surface area contributed by atoms with E-state index in [0.29, 0.717) is 6.42 Å². The van der Waals surface area contributed by atoms with Crippen molar-refractivity contribution in [3.8, 4) is 0 Å². The Bertz CT molecular complexity index is 512. The molecule has 1 aliphatic heterocycles. The van der Waals surface area contributed by atoms with Gasteiger partial charge in [-0.2, -0.15) is 0 Å². The molecule has 0 amide bonds. The summed E-state index contributed by atoms with van der Waals surface area (Å²) >= 11 is 0. The first kappa shape index (κ1) is 14.6. The SMILES string of the molecule is CC(C)(C)[C@@H]1CS(=O)(=O)[C@@H]2C=CCC[C@@]2(C)C(=O)O1. The number of fused-ring (bicyclic) bond motifs is 1. The van der Waals surface area contributed by atoms with Crippen LogP contribution in [0.2, 0.25) is 0 Å². The summed E-state index contributed by atoms with van der Waals surface area (Å²) in [5, 5.41) is -0.742. The summed E-state index contributed by atoms with van der Waals surface area (Å²) < 4.78 is 30.7. The maximum Gasteiger partial charge on any atom is 0.313 e. The third kappa shape index (κ3) is 2.45. The van der Waals surface area contributed by atoms with Crippen molar-refractivity contribution < 1.29 is 17.9 Å². The molecule has 1 fully saturated rings. The van der Waals surface area contributed by atoms with Gasteiger partial charge in [0, 0.05) is 0 Å². The van der Waals surface area contributed by atoms with Crippen molar-refractivity contribution in [2.24, 2.45) is 10.8 Å². The van der Waals surface area contributed by atoms with Crippen LogP contribution in [-0.4, -0.2) is 31.5 Å². The largest absolute Gasteiger partial charge is 0.460 e. The number of sulfone groups is 1. The minimum absolute atomic E-state index is 0.0904. The van der Waals surface area contributed by atoms with E-state index in [1.54, 1.807) is 13.0 Å². The molecule has 2 aliphatic rings. The van der Waals surface area contributed by atoms with E-state index in [1.165, 1.54) is 0 Å². The Morgan fingerprint density at radius 2 is 2.00 bits per heavy atom. The summed E-state index contributed by atoms with van der Waals surface area (Å²) in [5.74, 6) is -0.463. The van der Waals surface area contributed by atoms with Crippen molar-refractivity contribution in [2.45, 2.75) is 51.9 Å². The third-order valence-corrected chi connectivity index (χ3v) is 6.44. The van der Waals surface area contributed by atoms with Crippen LogP contribution in [0.15, 0.2) is 12.2 Å². The quantitative estimate of drug-likeness (QED) is 0.505. The number of hydrogen-bond acceptors (Lipinski definition) is 4. The Morgan fingerprint density at radius 3 is 2.58 bits per heavy atom. The third-order valence-electron chi connectivity index (χ3n) is 4.22. The average Bonchev–Trinajstić information content (AvgIpc) is 2.33. The van der Waals surface area contributed by atoms with E-state index in [0.717, 1.165) is 6.42 Å². The van der Waals surface area contributed by atoms with E-state index in [2.05, 4.69) is 0 Å². The second kappa shape index (κ2) is 4.33. The smallest absolute Gasteiger partial charge is 0.313 e. The summed E-state index contributed by atoms with van der Waals surface area (Å²) in [6.45, 7) is 7.40. The fraction of sp³-hybridized carbons (Fsp3) is 0.786. The van der Waals surface area contributed by atoms with Crippen LogP contribution in [-0.2, 0) is 19.4 Å². The maximum atomic E-state index is 12.6. The Kier molecular flexibility index (Phi) is 3.32. The number of carbonyl (C=O) groups excluding carboxylic acids is 1. The van der Waals surface area contributed by atoms with Gasteiger partial charge in [0.05, 0.1) is 16.4 Å². The first-order valence-electron chi connectivity index (χ1n) is 6.67. The van der Waals surface area contributed by atoms with Gasteiger partial charge in [-0.3, -0.25) is 4.79 Å². The molecule has 0 radical (unpaired) electrons. The molecule has 0 aromatic rings. The highest BCUT2D eigenvalue weighted by molar-refractivity contribution is 7.92. The zero-order valence-electron chi connectivity index (χ0n) is 12.0. The van der Waals surface area contributed by atoms with E-state index < -0.39 is 26.6 Å². The molecule has 0 N–H and O–H groups in total. The summed E-state index contributed by atoms with van der Waals surface area (Å²) in [6.07, 6.45) is 4.20. The number of esters is 1. The topological polar surface area (TPSA) is 60.4 Å². The van der Waals surface area contributed by atoms with Gasteiger partial charge in [0.25, 0.3) is 0 Å². The lowest BCUT2D eigenvalue weighted by Crippen LogP contribution is -2.43. The highest BCUT2D eigenvalue weighted by atomic mass is 32.2. The average molecular weight is 286 g/mol. The summed E-state index contributed by atoms with van der Waals surface area (Å²) in [5.41, 5.74) is -1.32. The Hall–Kier alpha value is -0.840. The highest BCUT2D eigenvalue weighted by Gasteiger charge is 2.53. The normalized spacial score (nSPS) is 38.2. The van der Waals surface area contributed by atoms with Crippen molar-refractivity contribution in [3.63, 3.8) is 0 Å². The van der Waals surface area contributed by atoms with Gasteiger partial charge in [0.2, 0.25) is 0 Å². The van der Waals surface area contributed by atoms with Crippen molar-refractivity contribution in [3.05, 3.63) is 12.2 Å². The number of hydrogen-bond donors (Lipinski definition) is 0. The molecule has 0 aromatic carbocycles. The Balaban J connectivity index is 2.50. The second-order valence-electron chi connectivity index (χ2n) is 6.89. The minimum atomic E-state index is -3.38. The lowest BCUT2D eigenvalue weighted by atomic mass is 9.78. The van der Waals surface area contributed by atoms with Crippen LogP contribution in [0.4, 0.5) is 0 Å². The predicted octanol–water partition coefficient (Wildman–Crippen LogP) is 2.10. The molecule has 1 heterocycles. The van der Waals surface area contributed by atoms with Gasteiger partial charge in [0.15, 0.2) is 9.84 Å². The fourth-order valence-corrected chi connectivity index (χ4v) is 5.29. The Labute approximate surface area is 115 Å². The van der Waals surface area contributed by atoms with Gasteiger partial charge in [-0.15, -0.1) is 0 Å². The second-order valence-corrected chi connectivity index (χ2v) is 9.06. The maximum absolute atomic E-state index is 12.6. The van der Waals surface area contributed by atoms with E-state index in [1.807, 2.05) is 26.8 Å². The molecule has 5 heteroatoms. The van der Waals surface area contributed by atoms with Crippen LogP contribution in [0.25, 0.3) is 0 Å². The van der Waals surface area contributed by atoms with E-state index in [9.17, 15) is 13.2 Å². The molecule has 19 heavy (non-hydrogen) atoms. The van der Waals surface area contributed by atoms with Crippen LogP contribution < -0.4 is 0 Å². The van der Waals surface area contributed by atoms with Gasteiger partial charge >= 0.3 is 5.97 Å². The van der Waals surface area contributed by atoms with Crippen molar-refractivity contribution in [1.29, 1.82) is 0 Å². The van der Waals surface area contributed by atoms with Gasteiger partial charge in [-0.1, -0.05) is 32.9 Å². The van der Waals surface area contributed by atoms with E-state index >= 15 is 0 Å². The van der Waals surface area contributed by atoms with Crippen LogP contribution in [0.1, 0.15) is 40.5 Å². The summed E-state index contributed by atoms with van der Waals surface area (Å²) in [7, 11) is -3.38. The Morgan fingerprint density at radius 1 is 1.37 bits per heavy atom. The molecule has 0 unspecified atom stereocenters. The molecule has 0 spiro atoms. The highest BCUT2D eigenvalue weighted by Crippen LogP contribution is 2.42. The van der Waals surface area contributed by atoms with Crippen LogP contribution in [0.3, 0.4) is 0 Å². The zero-order valence-corrected chi connectivity index (χ0v) is 12.8. The molecule has 4 nitrogen and oxygen atoms in total. The monoisotopic (exact) mass is 286 g/mol. The fourth-order valence-electron chi connectivity index (χ4n) is 2.73. The minimum Gasteiger partial charge on any atom is -0.460 e. The van der Waals surface area contributed by atoms with Gasteiger partial charge in [-0.25, -0.2) is 8.42 Å². The molecule has 0 saturated carbocycles. The first-order chi connectivity index (χ1) is 8.57. The standard InChI is InChI=1S/C14H22O4S/c1-13(2,3)10-9-19(16,17)11-7-5-6-8-14(11,4)12(15)18-10/h5,7,10-11H,6,8-9H2,1-4H3/t10-,11+,14+/m0/s1. The number of cyclic esters (lactones) is 1. The van der Waals surface area contributed by atoms with Crippen molar-refractivity contribution in [1.82, 2.24) is 0 Å². The molecule has 0 bridgehead atoms. The van der Waals surface area contributed by atoms with E-state index in [4.69, 9.17) is 4.74 Å². The molecule has 0 aromatic heterocycles. The molecular weight excluding hydrogens is 264 g/mol. The lowest BCUT2D eigenvalue weighted by molar-refractivity contribution is -0.163. The summed E-state index contributed by atoms with van der Waals surface area (Å²) in [4.78, 5) is 12.4. The predicted molar refractivity (Wildman–Crippen MR) is 73.4 cm³/mol. The van der Waals surface area contributed by atoms with Crippen molar-refractivity contribution in [2.75, 3.05) is 5.75 Å². The van der Waals surface area contributed by atoms with Gasteiger partial charge < -0.3 is 4.74 Å². The molecule has 1 aliphatic carbocycles. The molecule has 3 atom stereocenters. The zero-order chi connectivity index (χ0) is 14.5. The van der Waals surface area contributed by atoms with Crippen LogP contribution in [0, 0.1) is 10.8 Å². The lowest BCUT2D eigenvalue weighted by Gasteiger charge is -2.33. The molecule has 1 saturated heterocycles. The molecule has 2 rings (SSSR count). The first-order valence-corrected chi connectivity index (χ1v) is 8.38. The number of rotatable bonds is 0. The summed E-state index contributed by atoms with van der Waals surface area (Å²) in [6, 6.07) is 0. The van der Waals surface area contributed by atoms with Crippen LogP contribution >= 0.6 is 0 Å². The van der Waals surface area contributed by atoms with E-state index in [-0.39, 0.29) is 17.1 Å². The molecule has 108 valence electrons. The number of carbonyl (C=O) groups is 1. The van der Waals surface area contributed by atoms with Crippen molar-refractivity contribution >= 4 is 15.8 Å². The number of ether oxygens (including phenoxy) is 1. The molecular formula is C14H22O4S. The van der Waals surface area contributed by atoms with Gasteiger partial charge in [0.1, 0.15) is 6.10 Å².